The number of amides is 1. The summed E-state index contributed by atoms with van der Waals surface area (Å²) < 4.78 is 0. The van der Waals surface area contributed by atoms with Crippen LogP contribution in [0.2, 0.25) is 0 Å². The van der Waals surface area contributed by atoms with Gasteiger partial charge in [-0.3, -0.25) is 4.79 Å². The third kappa shape index (κ3) is 2.17. The van der Waals surface area contributed by atoms with E-state index in [4.69, 9.17) is 5.11 Å². The summed E-state index contributed by atoms with van der Waals surface area (Å²) in [7, 11) is 1.60. The lowest BCUT2D eigenvalue weighted by Gasteiger charge is -2.12. The van der Waals surface area contributed by atoms with Crippen molar-refractivity contribution in [3.8, 4) is 0 Å². The summed E-state index contributed by atoms with van der Waals surface area (Å²) in [6.45, 7) is 0.432. The van der Waals surface area contributed by atoms with E-state index in [0.717, 1.165) is 12.8 Å². The van der Waals surface area contributed by atoms with Crippen molar-refractivity contribution in [2.24, 2.45) is 0 Å². The van der Waals surface area contributed by atoms with Crippen molar-refractivity contribution in [1.29, 1.82) is 0 Å². The highest BCUT2D eigenvalue weighted by Crippen LogP contribution is 2.34. The molecule has 0 radical (unpaired) electrons. The van der Waals surface area contributed by atoms with E-state index in [1.54, 1.807) is 7.05 Å². The van der Waals surface area contributed by atoms with Crippen LogP contribution in [-0.4, -0.2) is 36.8 Å². The van der Waals surface area contributed by atoms with E-state index >= 15 is 0 Å². The van der Waals surface area contributed by atoms with Gasteiger partial charge in [0.2, 0.25) is 5.91 Å². The number of nitrogens with one attached hydrogen (secondary N) is 2. The van der Waals surface area contributed by atoms with Gasteiger partial charge in [-0.25, -0.2) is 0 Å². The number of rotatable bonds is 4. The van der Waals surface area contributed by atoms with Crippen molar-refractivity contribution in [2.45, 2.75) is 18.4 Å². The lowest BCUT2D eigenvalue weighted by molar-refractivity contribution is -0.120. The third-order valence-electron chi connectivity index (χ3n) is 2.06. The summed E-state index contributed by atoms with van der Waals surface area (Å²) in [5.41, 5.74) is -0.132. The van der Waals surface area contributed by atoms with E-state index in [1.807, 2.05) is 0 Å². The molecule has 4 nitrogen and oxygen atoms in total. The predicted octanol–water partition coefficient (Wildman–Crippen LogP) is -1.15. The van der Waals surface area contributed by atoms with Gasteiger partial charge in [-0.15, -0.1) is 0 Å². The fraction of sp³-hybridized carbons (Fsp3) is 0.857. The Labute approximate surface area is 66.0 Å². The first-order chi connectivity index (χ1) is 5.22. The van der Waals surface area contributed by atoms with Crippen LogP contribution in [0.15, 0.2) is 0 Å². The molecular formula is C7H14N2O2. The molecule has 0 atom stereocenters. The van der Waals surface area contributed by atoms with Gasteiger partial charge in [0.15, 0.2) is 0 Å². The lowest BCUT2D eigenvalue weighted by atomic mass is 10.3. The van der Waals surface area contributed by atoms with Crippen LogP contribution in [0.5, 0.6) is 0 Å². The van der Waals surface area contributed by atoms with Gasteiger partial charge in [-0.05, 0) is 12.8 Å². The molecule has 0 aromatic heterocycles. The zero-order chi connectivity index (χ0) is 8.32. The average molecular weight is 158 g/mol. The molecule has 0 aromatic rings. The van der Waals surface area contributed by atoms with Crippen molar-refractivity contribution in [3.63, 3.8) is 0 Å². The highest BCUT2D eigenvalue weighted by molar-refractivity contribution is 5.77. The SMILES string of the molecule is CNC(=O)CNC1(CO)CC1. The largest absolute Gasteiger partial charge is 0.394 e. The summed E-state index contributed by atoms with van der Waals surface area (Å²) in [5, 5.41) is 14.4. The molecule has 1 fully saturated rings. The molecule has 64 valence electrons. The minimum absolute atomic E-state index is 0.0373. The highest BCUT2D eigenvalue weighted by atomic mass is 16.3. The normalized spacial score (nSPS) is 19.5. The van der Waals surface area contributed by atoms with E-state index in [2.05, 4.69) is 10.6 Å². The van der Waals surface area contributed by atoms with Crippen molar-refractivity contribution in [1.82, 2.24) is 10.6 Å². The fourth-order valence-corrected chi connectivity index (χ4v) is 0.898. The second-order valence-corrected chi connectivity index (χ2v) is 2.97. The summed E-state index contributed by atoms with van der Waals surface area (Å²) in [6.07, 6.45) is 1.95. The molecular weight excluding hydrogens is 144 g/mol. The maximum Gasteiger partial charge on any atom is 0.233 e. The number of carbonyl (C=O) groups is 1. The molecule has 0 spiro atoms. The molecule has 0 aromatic carbocycles. The zero-order valence-corrected chi connectivity index (χ0v) is 6.68. The van der Waals surface area contributed by atoms with Gasteiger partial charge in [0.25, 0.3) is 0 Å². The lowest BCUT2D eigenvalue weighted by Crippen LogP contribution is -2.41. The Hall–Kier alpha value is -0.610. The van der Waals surface area contributed by atoms with Crippen molar-refractivity contribution >= 4 is 5.91 Å². The Morgan fingerprint density at radius 1 is 1.64 bits per heavy atom. The predicted molar refractivity (Wildman–Crippen MR) is 41.1 cm³/mol. The monoisotopic (exact) mass is 158 g/mol. The van der Waals surface area contributed by atoms with Crippen LogP contribution in [-0.2, 0) is 4.79 Å². The molecule has 1 saturated carbocycles. The van der Waals surface area contributed by atoms with Crippen LogP contribution >= 0.6 is 0 Å². The molecule has 11 heavy (non-hydrogen) atoms. The molecule has 1 aliphatic rings. The third-order valence-corrected chi connectivity index (χ3v) is 2.06. The maximum absolute atomic E-state index is 10.7. The minimum atomic E-state index is -0.132. The molecule has 0 saturated heterocycles. The summed E-state index contributed by atoms with van der Waals surface area (Å²) in [5.74, 6) is -0.0373. The molecule has 0 heterocycles. The van der Waals surface area contributed by atoms with Crippen LogP contribution in [0, 0.1) is 0 Å². The first kappa shape index (κ1) is 8.49. The van der Waals surface area contributed by atoms with E-state index in [0.29, 0.717) is 6.54 Å². The number of aliphatic hydroxyl groups excluding tert-OH is 1. The first-order valence-electron chi connectivity index (χ1n) is 3.79. The maximum atomic E-state index is 10.7. The molecule has 0 aliphatic heterocycles. The van der Waals surface area contributed by atoms with Crippen molar-refractivity contribution in [2.75, 3.05) is 20.2 Å². The zero-order valence-electron chi connectivity index (χ0n) is 6.68. The van der Waals surface area contributed by atoms with Gasteiger partial charge < -0.3 is 15.7 Å². The van der Waals surface area contributed by atoms with Crippen molar-refractivity contribution < 1.29 is 9.90 Å². The molecule has 1 rings (SSSR count). The van der Waals surface area contributed by atoms with Gasteiger partial charge >= 0.3 is 0 Å². The van der Waals surface area contributed by atoms with Gasteiger partial charge in [0.05, 0.1) is 13.2 Å². The number of carbonyl (C=O) groups excluding carboxylic acids is 1. The Bertz CT molecular complexity index is 155. The Balaban J connectivity index is 2.16. The van der Waals surface area contributed by atoms with Gasteiger partial charge in [-0.2, -0.15) is 0 Å². The molecule has 4 heteroatoms. The van der Waals surface area contributed by atoms with Crippen LogP contribution in [0.25, 0.3) is 0 Å². The van der Waals surface area contributed by atoms with Crippen LogP contribution in [0.1, 0.15) is 12.8 Å². The summed E-state index contributed by atoms with van der Waals surface area (Å²) in [6, 6.07) is 0. The van der Waals surface area contributed by atoms with E-state index in [1.165, 1.54) is 0 Å². The second kappa shape index (κ2) is 3.19. The Morgan fingerprint density at radius 2 is 2.27 bits per heavy atom. The van der Waals surface area contributed by atoms with E-state index in [9.17, 15) is 4.79 Å². The van der Waals surface area contributed by atoms with Crippen molar-refractivity contribution in [3.05, 3.63) is 0 Å². The second-order valence-electron chi connectivity index (χ2n) is 2.97. The highest BCUT2D eigenvalue weighted by Gasteiger charge is 2.41. The van der Waals surface area contributed by atoms with Crippen LogP contribution < -0.4 is 10.6 Å². The topological polar surface area (TPSA) is 61.4 Å². The van der Waals surface area contributed by atoms with Gasteiger partial charge in [0, 0.05) is 12.6 Å². The fourth-order valence-electron chi connectivity index (χ4n) is 0.898. The smallest absolute Gasteiger partial charge is 0.233 e. The Kier molecular flexibility index (Phi) is 2.46. The van der Waals surface area contributed by atoms with Gasteiger partial charge in [0.1, 0.15) is 0 Å². The molecule has 1 aliphatic carbocycles. The molecule has 1 amide bonds. The van der Waals surface area contributed by atoms with Crippen LogP contribution in [0.4, 0.5) is 0 Å². The number of hydrogen-bond donors (Lipinski definition) is 3. The minimum Gasteiger partial charge on any atom is -0.394 e. The van der Waals surface area contributed by atoms with Gasteiger partial charge in [-0.1, -0.05) is 0 Å². The van der Waals surface area contributed by atoms with E-state index < -0.39 is 0 Å². The quantitative estimate of drug-likeness (QED) is 0.484. The standard InChI is InChI=1S/C7H14N2O2/c1-8-6(11)4-9-7(5-10)2-3-7/h9-10H,2-5H2,1H3,(H,8,11). The average Bonchev–Trinajstić information content (AvgIpc) is 2.81. The summed E-state index contributed by atoms with van der Waals surface area (Å²) >= 11 is 0. The molecule has 0 bridgehead atoms. The van der Waals surface area contributed by atoms with E-state index in [-0.39, 0.29) is 18.1 Å². The number of hydrogen-bond acceptors (Lipinski definition) is 3. The first-order valence-corrected chi connectivity index (χ1v) is 3.79. The van der Waals surface area contributed by atoms with Crippen LogP contribution in [0.3, 0.4) is 0 Å². The molecule has 3 N–H and O–H groups in total. The Morgan fingerprint density at radius 3 is 2.64 bits per heavy atom. The number of aliphatic hydroxyl groups is 1. The molecule has 0 unspecified atom stereocenters. The summed E-state index contributed by atoms with van der Waals surface area (Å²) in [4.78, 5) is 10.7. The number of likely N-dealkylation sites (N-methyl/N-ethyl adjacent to an activating group) is 1.